The molecule has 3 nitrogen and oxygen atoms in total. The number of ether oxygens (including phenoxy) is 1. The molecule has 0 aromatic heterocycles. The van der Waals surface area contributed by atoms with E-state index in [2.05, 4.69) is 0 Å². The van der Waals surface area contributed by atoms with E-state index < -0.39 is 17.6 Å². The zero-order valence-electron chi connectivity index (χ0n) is 13.2. The van der Waals surface area contributed by atoms with E-state index in [0.717, 1.165) is 11.1 Å². The van der Waals surface area contributed by atoms with Gasteiger partial charge in [0.05, 0.1) is 5.41 Å². The van der Waals surface area contributed by atoms with Gasteiger partial charge in [0.15, 0.2) is 6.10 Å². The molecular formula is C19H22O3. The Balaban J connectivity index is 2.32. The van der Waals surface area contributed by atoms with E-state index in [-0.39, 0.29) is 5.97 Å². The Morgan fingerprint density at radius 1 is 0.909 bits per heavy atom. The highest BCUT2D eigenvalue weighted by Crippen LogP contribution is 2.34. The molecule has 2 atom stereocenters. The van der Waals surface area contributed by atoms with Crippen LogP contribution in [0.25, 0.3) is 0 Å². The molecule has 0 saturated heterocycles. The predicted molar refractivity (Wildman–Crippen MR) is 86.1 cm³/mol. The summed E-state index contributed by atoms with van der Waals surface area (Å²) in [6, 6.07) is 18.6. The first kappa shape index (κ1) is 16.2. The van der Waals surface area contributed by atoms with Crippen LogP contribution in [0.2, 0.25) is 0 Å². The van der Waals surface area contributed by atoms with Crippen molar-refractivity contribution < 1.29 is 14.6 Å². The highest BCUT2D eigenvalue weighted by molar-refractivity contribution is 5.75. The fourth-order valence-corrected chi connectivity index (χ4v) is 2.07. The Bertz CT molecular complexity index is 600. The molecule has 0 aliphatic heterocycles. The minimum Gasteiger partial charge on any atom is -0.454 e. The molecule has 0 fully saturated rings. The average Bonchev–Trinajstić information content (AvgIpc) is 2.52. The van der Waals surface area contributed by atoms with Gasteiger partial charge in [-0.2, -0.15) is 0 Å². The Hall–Kier alpha value is -2.13. The van der Waals surface area contributed by atoms with Crippen molar-refractivity contribution >= 4 is 5.97 Å². The topological polar surface area (TPSA) is 46.5 Å². The van der Waals surface area contributed by atoms with Gasteiger partial charge in [0.25, 0.3) is 0 Å². The number of esters is 1. The molecule has 0 saturated carbocycles. The second-order valence-electron chi connectivity index (χ2n) is 6.34. The summed E-state index contributed by atoms with van der Waals surface area (Å²) in [5.41, 5.74) is 0.873. The standard InChI is InChI=1S/C19H22O3/c1-19(2,3)18(21)22-17(15-12-8-5-9-13-15)16(20)14-10-6-4-7-11-14/h4-13,16-17,20H,1-3H3/t16-,17+/m0/s1. The van der Waals surface area contributed by atoms with Gasteiger partial charge >= 0.3 is 5.97 Å². The zero-order chi connectivity index (χ0) is 16.2. The summed E-state index contributed by atoms with van der Waals surface area (Å²) in [6.45, 7) is 5.39. The normalized spacial score (nSPS) is 14.2. The fourth-order valence-electron chi connectivity index (χ4n) is 2.07. The summed E-state index contributed by atoms with van der Waals surface area (Å²) in [5.74, 6) is -0.337. The van der Waals surface area contributed by atoms with Crippen LogP contribution < -0.4 is 0 Å². The lowest BCUT2D eigenvalue weighted by atomic mass is 9.95. The number of carbonyl (C=O) groups is 1. The van der Waals surface area contributed by atoms with Crippen LogP contribution in [-0.4, -0.2) is 11.1 Å². The molecule has 0 aliphatic rings. The summed E-state index contributed by atoms with van der Waals surface area (Å²) < 4.78 is 5.63. The van der Waals surface area contributed by atoms with E-state index in [0.29, 0.717) is 0 Å². The first-order chi connectivity index (χ1) is 10.4. The summed E-state index contributed by atoms with van der Waals surface area (Å²) in [7, 11) is 0. The molecule has 0 radical (unpaired) electrons. The van der Waals surface area contributed by atoms with Crippen molar-refractivity contribution in [2.24, 2.45) is 5.41 Å². The molecule has 0 aliphatic carbocycles. The van der Waals surface area contributed by atoms with Crippen LogP contribution in [0.5, 0.6) is 0 Å². The molecule has 3 heteroatoms. The number of aliphatic hydroxyl groups is 1. The smallest absolute Gasteiger partial charge is 0.311 e. The molecular weight excluding hydrogens is 276 g/mol. The molecule has 2 aromatic rings. The van der Waals surface area contributed by atoms with Crippen molar-refractivity contribution in [2.75, 3.05) is 0 Å². The van der Waals surface area contributed by atoms with Crippen molar-refractivity contribution in [3.8, 4) is 0 Å². The monoisotopic (exact) mass is 298 g/mol. The van der Waals surface area contributed by atoms with Crippen LogP contribution in [0.15, 0.2) is 60.7 Å². The highest BCUT2D eigenvalue weighted by Gasteiger charge is 2.31. The fraction of sp³-hybridized carbons (Fsp3) is 0.316. The first-order valence-electron chi connectivity index (χ1n) is 7.38. The number of benzene rings is 2. The summed E-state index contributed by atoms with van der Waals surface area (Å²) in [4.78, 5) is 12.3. The Morgan fingerprint density at radius 2 is 1.36 bits per heavy atom. The van der Waals surface area contributed by atoms with Gasteiger partial charge in [0.2, 0.25) is 0 Å². The van der Waals surface area contributed by atoms with Crippen LogP contribution in [-0.2, 0) is 9.53 Å². The zero-order valence-corrected chi connectivity index (χ0v) is 13.2. The number of hydrogen-bond donors (Lipinski definition) is 1. The molecule has 0 spiro atoms. The second kappa shape index (κ2) is 6.75. The van der Waals surface area contributed by atoms with E-state index in [9.17, 15) is 9.90 Å². The van der Waals surface area contributed by atoms with E-state index in [1.54, 1.807) is 20.8 Å². The Labute approximate surface area is 131 Å². The maximum atomic E-state index is 12.3. The molecule has 0 unspecified atom stereocenters. The van der Waals surface area contributed by atoms with Crippen LogP contribution in [0, 0.1) is 5.41 Å². The van der Waals surface area contributed by atoms with Gasteiger partial charge in [0, 0.05) is 0 Å². The van der Waals surface area contributed by atoms with Gasteiger partial charge in [-0.25, -0.2) is 0 Å². The molecule has 0 bridgehead atoms. The van der Waals surface area contributed by atoms with Gasteiger partial charge in [0.1, 0.15) is 6.10 Å². The molecule has 22 heavy (non-hydrogen) atoms. The lowest BCUT2D eigenvalue weighted by Gasteiger charge is -2.27. The third kappa shape index (κ3) is 3.95. The molecule has 2 rings (SSSR count). The lowest BCUT2D eigenvalue weighted by Crippen LogP contribution is -2.27. The van der Waals surface area contributed by atoms with Crippen molar-refractivity contribution in [1.29, 1.82) is 0 Å². The van der Waals surface area contributed by atoms with E-state index >= 15 is 0 Å². The summed E-state index contributed by atoms with van der Waals surface area (Å²) in [6.07, 6.45) is -1.63. The lowest BCUT2D eigenvalue weighted by molar-refractivity contribution is -0.165. The van der Waals surface area contributed by atoms with E-state index in [1.807, 2.05) is 60.7 Å². The third-order valence-electron chi connectivity index (χ3n) is 3.40. The molecule has 2 aromatic carbocycles. The van der Waals surface area contributed by atoms with Gasteiger partial charge < -0.3 is 9.84 Å². The average molecular weight is 298 g/mol. The van der Waals surface area contributed by atoms with Gasteiger partial charge in [-0.05, 0) is 31.9 Å². The Morgan fingerprint density at radius 3 is 1.82 bits per heavy atom. The SMILES string of the molecule is CC(C)(C)C(=O)O[C@H](c1ccccc1)[C@@H](O)c1ccccc1. The first-order valence-corrected chi connectivity index (χ1v) is 7.38. The van der Waals surface area contributed by atoms with Gasteiger partial charge in [-0.1, -0.05) is 60.7 Å². The predicted octanol–water partition coefficient (Wildman–Crippen LogP) is 4.05. The van der Waals surface area contributed by atoms with Gasteiger partial charge in [-0.15, -0.1) is 0 Å². The van der Waals surface area contributed by atoms with E-state index in [1.165, 1.54) is 0 Å². The number of hydrogen-bond acceptors (Lipinski definition) is 3. The molecule has 0 heterocycles. The molecule has 116 valence electrons. The highest BCUT2D eigenvalue weighted by atomic mass is 16.6. The number of rotatable bonds is 4. The van der Waals surface area contributed by atoms with Crippen molar-refractivity contribution in [3.63, 3.8) is 0 Å². The quantitative estimate of drug-likeness (QED) is 0.866. The van der Waals surface area contributed by atoms with Crippen LogP contribution in [0.1, 0.15) is 44.1 Å². The minimum absolute atomic E-state index is 0.337. The largest absolute Gasteiger partial charge is 0.454 e. The Kier molecular flexibility index (Phi) is 4.99. The summed E-state index contributed by atoms with van der Waals surface area (Å²) in [5, 5.41) is 10.7. The minimum atomic E-state index is -0.908. The van der Waals surface area contributed by atoms with Crippen molar-refractivity contribution in [2.45, 2.75) is 33.0 Å². The molecule has 1 N–H and O–H groups in total. The van der Waals surface area contributed by atoms with Crippen LogP contribution in [0.4, 0.5) is 0 Å². The maximum Gasteiger partial charge on any atom is 0.311 e. The number of carbonyl (C=O) groups excluding carboxylic acids is 1. The second-order valence-corrected chi connectivity index (χ2v) is 6.34. The van der Waals surface area contributed by atoms with Crippen molar-refractivity contribution in [1.82, 2.24) is 0 Å². The van der Waals surface area contributed by atoms with Crippen molar-refractivity contribution in [3.05, 3.63) is 71.8 Å². The molecule has 0 amide bonds. The van der Waals surface area contributed by atoms with Gasteiger partial charge in [-0.3, -0.25) is 4.79 Å². The van der Waals surface area contributed by atoms with Crippen LogP contribution in [0.3, 0.4) is 0 Å². The third-order valence-corrected chi connectivity index (χ3v) is 3.40. The van der Waals surface area contributed by atoms with Crippen LogP contribution >= 0.6 is 0 Å². The number of aliphatic hydroxyl groups excluding tert-OH is 1. The maximum absolute atomic E-state index is 12.3. The van der Waals surface area contributed by atoms with E-state index in [4.69, 9.17) is 4.74 Å². The summed E-state index contributed by atoms with van der Waals surface area (Å²) >= 11 is 0.